The molecular weight excluding hydrogens is 340 g/mol. The minimum absolute atomic E-state index is 0.207. The molecule has 2 aromatic heterocycles. The van der Waals surface area contributed by atoms with Gasteiger partial charge in [0.05, 0.1) is 12.3 Å². The molecule has 0 spiro atoms. The van der Waals surface area contributed by atoms with E-state index in [2.05, 4.69) is 38.6 Å². The van der Waals surface area contributed by atoms with E-state index in [4.69, 9.17) is 0 Å². The van der Waals surface area contributed by atoms with Crippen molar-refractivity contribution < 1.29 is 5.11 Å². The Morgan fingerprint density at radius 1 is 1.19 bits per heavy atom. The van der Waals surface area contributed by atoms with Crippen LogP contribution in [-0.2, 0) is 12.8 Å². The molecule has 0 radical (unpaired) electrons. The highest BCUT2D eigenvalue weighted by Gasteiger charge is 2.20. The van der Waals surface area contributed by atoms with Crippen molar-refractivity contribution >= 4 is 11.8 Å². The molecule has 0 unspecified atom stereocenters. The Bertz CT molecular complexity index is 795. The minimum atomic E-state index is -0.207. The number of pyridine rings is 1. The number of anilines is 2. The lowest BCUT2D eigenvalue weighted by Crippen LogP contribution is -2.29. The molecule has 0 saturated heterocycles. The molecule has 7 nitrogen and oxygen atoms in total. The van der Waals surface area contributed by atoms with Gasteiger partial charge in [-0.25, -0.2) is 4.98 Å². The van der Waals surface area contributed by atoms with Gasteiger partial charge in [-0.2, -0.15) is 10.2 Å². The summed E-state index contributed by atoms with van der Waals surface area (Å²) in [6, 6.07) is 8.45. The van der Waals surface area contributed by atoms with E-state index in [-0.39, 0.29) is 12.1 Å². The maximum atomic E-state index is 9.64. The summed E-state index contributed by atoms with van der Waals surface area (Å²) in [6.45, 7) is 2.76. The topological polar surface area (TPSA) is 107 Å². The fourth-order valence-corrected chi connectivity index (χ4v) is 3.24. The van der Waals surface area contributed by atoms with Gasteiger partial charge in [-0.3, -0.25) is 4.98 Å². The Kier molecular flexibility index (Phi) is 6.55. The van der Waals surface area contributed by atoms with E-state index >= 15 is 0 Å². The van der Waals surface area contributed by atoms with Crippen LogP contribution < -0.4 is 10.6 Å². The molecule has 0 amide bonds. The normalized spacial score (nSPS) is 19.3. The van der Waals surface area contributed by atoms with Gasteiger partial charge >= 0.3 is 0 Å². The lowest BCUT2D eigenvalue weighted by molar-refractivity contribution is 0.126. The summed E-state index contributed by atoms with van der Waals surface area (Å²) < 4.78 is 0. The lowest BCUT2D eigenvalue weighted by atomic mass is 9.93. The Hall–Kier alpha value is -2.72. The van der Waals surface area contributed by atoms with Gasteiger partial charge in [-0.15, -0.1) is 0 Å². The second kappa shape index (κ2) is 9.28. The molecule has 7 heteroatoms. The molecule has 1 aliphatic carbocycles. The van der Waals surface area contributed by atoms with Gasteiger partial charge in [0.1, 0.15) is 17.5 Å². The molecule has 3 rings (SSSR count). The minimum Gasteiger partial charge on any atom is -0.393 e. The maximum absolute atomic E-state index is 9.64. The zero-order valence-electron chi connectivity index (χ0n) is 15.6. The first-order valence-electron chi connectivity index (χ1n) is 9.58. The first kappa shape index (κ1) is 19.1. The maximum Gasteiger partial charge on any atom is 0.224 e. The fraction of sp³-hybridized carbons (Fsp3) is 0.500. The van der Waals surface area contributed by atoms with E-state index in [1.54, 1.807) is 6.20 Å². The molecule has 1 aliphatic rings. The number of aliphatic hydroxyl groups excluding tert-OH is 1. The van der Waals surface area contributed by atoms with E-state index in [9.17, 15) is 10.4 Å². The van der Waals surface area contributed by atoms with Crippen molar-refractivity contribution in [2.24, 2.45) is 0 Å². The van der Waals surface area contributed by atoms with Gasteiger partial charge < -0.3 is 15.7 Å². The van der Waals surface area contributed by atoms with Crippen LogP contribution in [0.15, 0.2) is 24.4 Å². The average molecular weight is 366 g/mol. The smallest absolute Gasteiger partial charge is 0.224 e. The number of aromatic nitrogens is 3. The molecule has 0 aromatic carbocycles. The molecule has 1 saturated carbocycles. The van der Waals surface area contributed by atoms with Crippen LogP contribution in [0.5, 0.6) is 0 Å². The third-order valence-electron chi connectivity index (χ3n) is 4.84. The predicted octanol–water partition coefficient (Wildman–Crippen LogP) is 2.68. The van der Waals surface area contributed by atoms with Crippen LogP contribution in [0, 0.1) is 11.3 Å². The number of nitrogens with zero attached hydrogens (tertiary/aromatic N) is 4. The Morgan fingerprint density at radius 3 is 2.70 bits per heavy atom. The molecule has 0 atom stereocenters. The largest absolute Gasteiger partial charge is 0.393 e. The number of rotatable bonds is 7. The molecule has 142 valence electrons. The van der Waals surface area contributed by atoms with E-state index in [1.165, 1.54) is 0 Å². The van der Waals surface area contributed by atoms with Gasteiger partial charge in [-0.1, -0.05) is 13.0 Å². The van der Waals surface area contributed by atoms with Crippen molar-refractivity contribution in [3.8, 4) is 6.07 Å². The van der Waals surface area contributed by atoms with Gasteiger partial charge in [0.15, 0.2) is 0 Å². The van der Waals surface area contributed by atoms with Gasteiger partial charge in [-0.05, 0) is 44.2 Å². The number of hydrogen-bond acceptors (Lipinski definition) is 7. The zero-order valence-corrected chi connectivity index (χ0v) is 15.6. The summed E-state index contributed by atoms with van der Waals surface area (Å²) in [4.78, 5) is 13.3. The van der Waals surface area contributed by atoms with Crippen molar-refractivity contribution in [2.75, 3.05) is 17.2 Å². The van der Waals surface area contributed by atoms with E-state index < -0.39 is 0 Å². The summed E-state index contributed by atoms with van der Waals surface area (Å²) in [5, 5.41) is 25.5. The SMILES string of the molecule is CCc1cccc(CCNc2ncc(C#N)c(NC3CCC(O)CC3)n2)n1. The molecule has 27 heavy (non-hydrogen) atoms. The van der Waals surface area contributed by atoms with Crippen LogP contribution in [0.3, 0.4) is 0 Å². The average Bonchev–Trinajstić information content (AvgIpc) is 2.70. The van der Waals surface area contributed by atoms with Crippen molar-refractivity contribution in [1.82, 2.24) is 15.0 Å². The first-order chi connectivity index (χ1) is 13.2. The van der Waals surface area contributed by atoms with Gasteiger partial charge in [0, 0.05) is 30.4 Å². The molecule has 3 N–H and O–H groups in total. The van der Waals surface area contributed by atoms with Crippen LogP contribution in [-0.4, -0.2) is 38.7 Å². The van der Waals surface area contributed by atoms with Crippen LogP contribution in [0.25, 0.3) is 0 Å². The van der Waals surface area contributed by atoms with Crippen molar-refractivity contribution in [1.29, 1.82) is 5.26 Å². The Labute approximate surface area is 159 Å². The Morgan fingerprint density at radius 2 is 1.96 bits per heavy atom. The van der Waals surface area contributed by atoms with E-state index in [0.29, 0.717) is 23.9 Å². The predicted molar refractivity (Wildman–Crippen MR) is 104 cm³/mol. The summed E-state index contributed by atoms with van der Waals surface area (Å²) >= 11 is 0. The van der Waals surface area contributed by atoms with Crippen molar-refractivity contribution in [2.45, 2.75) is 57.6 Å². The Balaban J connectivity index is 1.59. The molecule has 0 bridgehead atoms. The molecule has 2 aromatic rings. The summed E-state index contributed by atoms with van der Waals surface area (Å²) in [6.07, 6.45) is 6.34. The van der Waals surface area contributed by atoms with Gasteiger partial charge in [0.25, 0.3) is 0 Å². The monoisotopic (exact) mass is 366 g/mol. The summed E-state index contributed by atoms with van der Waals surface area (Å²) in [7, 11) is 0. The summed E-state index contributed by atoms with van der Waals surface area (Å²) in [5.41, 5.74) is 2.56. The van der Waals surface area contributed by atoms with Crippen LogP contribution >= 0.6 is 0 Å². The first-order valence-corrected chi connectivity index (χ1v) is 9.58. The zero-order chi connectivity index (χ0) is 19.1. The van der Waals surface area contributed by atoms with Crippen molar-refractivity contribution in [3.05, 3.63) is 41.3 Å². The van der Waals surface area contributed by atoms with E-state index in [1.807, 2.05) is 18.2 Å². The highest BCUT2D eigenvalue weighted by molar-refractivity contribution is 5.54. The number of nitrogens with one attached hydrogen (secondary N) is 2. The molecule has 1 fully saturated rings. The number of nitriles is 1. The number of aliphatic hydroxyl groups is 1. The second-order valence-electron chi connectivity index (χ2n) is 6.87. The van der Waals surface area contributed by atoms with Gasteiger partial charge in [0.2, 0.25) is 5.95 Å². The van der Waals surface area contributed by atoms with Crippen molar-refractivity contribution in [3.63, 3.8) is 0 Å². The highest BCUT2D eigenvalue weighted by Crippen LogP contribution is 2.23. The quantitative estimate of drug-likeness (QED) is 0.691. The van der Waals surface area contributed by atoms with Crippen LogP contribution in [0.2, 0.25) is 0 Å². The highest BCUT2D eigenvalue weighted by atomic mass is 16.3. The van der Waals surface area contributed by atoms with Crippen LogP contribution in [0.1, 0.15) is 49.6 Å². The molecule has 0 aliphatic heterocycles. The molecule has 2 heterocycles. The lowest BCUT2D eigenvalue weighted by Gasteiger charge is -2.26. The summed E-state index contributed by atoms with van der Waals surface area (Å²) in [5.74, 6) is 1.06. The number of hydrogen-bond donors (Lipinski definition) is 3. The standard InChI is InChI=1S/C20H26N6O/c1-2-15-4-3-5-16(24-15)10-11-22-20-23-13-14(12-21)19(26-20)25-17-6-8-18(27)9-7-17/h3-5,13,17-18,27H,2,6-11H2,1H3,(H2,22,23,25,26). The third-order valence-corrected chi connectivity index (χ3v) is 4.84. The van der Waals surface area contributed by atoms with E-state index in [0.717, 1.165) is 49.9 Å². The molecular formula is C20H26N6O. The fourth-order valence-electron chi connectivity index (χ4n) is 3.24. The second-order valence-corrected chi connectivity index (χ2v) is 6.87. The van der Waals surface area contributed by atoms with Crippen LogP contribution in [0.4, 0.5) is 11.8 Å². The third kappa shape index (κ3) is 5.38. The number of aryl methyl sites for hydroxylation is 1.